The lowest BCUT2D eigenvalue weighted by Crippen LogP contribution is -2.15. The molecule has 17 heavy (non-hydrogen) atoms. The minimum atomic E-state index is -3.66. The van der Waals surface area contributed by atoms with Crippen molar-refractivity contribution in [3.63, 3.8) is 0 Å². The Morgan fingerprint density at radius 2 is 2.12 bits per heavy atom. The number of nitrogens with two attached hydrogens (primary N) is 1. The predicted molar refractivity (Wildman–Crippen MR) is 65.0 cm³/mol. The largest absolute Gasteiger partial charge is 0.397 e. The van der Waals surface area contributed by atoms with Gasteiger partial charge in [0, 0.05) is 0 Å². The monoisotopic (exact) mass is 252 g/mol. The summed E-state index contributed by atoms with van der Waals surface area (Å²) in [7, 11) is -3.66. The molecule has 2 aromatic rings. The number of aromatic amines is 1. The molecule has 2 rings (SSSR count). The van der Waals surface area contributed by atoms with Crippen LogP contribution in [0.3, 0.4) is 0 Å². The fraction of sp³-hybridized carbons (Fsp3) is 0.100. The third kappa shape index (κ3) is 2.23. The smallest absolute Gasteiger partial charge is 0.278 e. The standard InChI is InChI=1S/C10H12N4O2S/c1-7-3-2-4-8(11)10(7)14-17(15,16)9-5-6-12-13-9/h2-6,14H,11H2,1H3,(H,12,13). The molecule has 0 spiro atoms. The lowest BCUT2D eigenvalue weighted by atomic mass is 10.2. The second kappa shape index (κ2) is 4.10. The molecule has 0 fully saturated rings. The van der Waals surface area contributed by atoms with Crippen molar-refractivity contribution in [2.75, 3.05) is 10.5 Å². The van der Waals surface area contributed by atoms with E-state index in [9.17, 15) is 8.42 Å². The predicted octanol–water partition coefficient (Wildman–Crippen LogP) is 1.10. The molecule has 0 saturated carbocycles. The molecule has 4 N–H and O–H groups in total. The summed E-state index contributed by atoms with van der Waals surface area (Å²) in [4.78, 5) is 0. The lowest BCUT2D eigenvalue weighted by molar-refractivity contribution is 0.597. The molecule has 0 bridgehead atoms. The Morgan fingerprint density at radius 3 is 2.71 bits per heavy atom. The Hall–Kier alpha value is -2.02. The number of nitrogens with zero attached hydrogens (tertiary/aromatic N) is 1. The minimum absolute atomic E-state index is 0.000142. The zero-order chi connectivity index (χ0) is 12.5. The van der Waals surface area contributed by atoms with Gasteiger partial charge in [0.2, 0.25) is 0 Å². The van der Waals surface area contributed by atoms with Crippen LogP contribution in [-0.4, -0.2) is 18.6 Å². The quantitative estimate of drug-likeness (QED) is 0.712. The number of aryl methyl sites for hydroxylation is 1. The van der Waals surface area contributed by atoms with E-state index in [-0.39, 0.29) is 5.03 Å². The first-order valence-corrected chi connectivity index (χ1v) is 6.36. The maximum atomic E-state index is 11.9. The van der Waals surface area contributed by atoms with E-state index in [0.29, 0.717) is 11.4 Å². The molecule has 7 heteroatoms. The van der Waals surface area contributed by atoms with E-state index < -0.39 is 10.0 Å². The van der Waals surface area contributed by atoms with Crippen LogP contribution in [0.1, 0.15) is 5.56 Å². The Bertz CT molecular complexity index is 600. The molecule has 0 amide bonds. The molecule has 0 aliphatic rings. The third-order valence-electron chi connectivity index (χ3n) is 2.31. The van der Waals surface area contributed by atoms with Crippen LogP contribution >= 0.6 is 0 Å². The second-order valence-electron chi connectivity index (χ2n) is 3.57. The van der Waals surface area contributed by atoms with Gasteiger partial charge in [-0.2, -0.15) is 13.5 Å². The highest BCUT2D eigenvalue weighted by atomic mass is 32.2. The van der Waals surface area contributed by atoms with Gasteiger partial charge in [0.15, 0.2) is 5.03 Å². The molecule has 0 aliphatic carbocycles. The summed E-state index contributed by atoms with van der Waals surface area (Å²) in [6, 6.07) is 6.55. The first kappa shape index (κ1) is 11.5. The fourth-order valence-corrected chi connectivity index (χ4v) is 2.48. The zero-order valence-corrected chi connectivity index (χ0v) is 9.95. The molecule has 0 unspecified atom stereocenters. The number of nitrogens with one attached hydrogen (secondary N) is 2. The second-order valence-corrected chi connectivity index (χ2v) is 5.22. The number of anilines is 2. The molecule has 6 nitrogen and oxygen atoms in total. The maximum Gasteiger partial charge on any atom is 0.278 e. The molecule has 1 aromatic heterocycles. The number of H-pyrrole nitrogens is 1. The molecule has 0 aliphatic heterocycles. The van der Waals surface area contributed by atoms with Crippen LogP contribution in [0.4, 0.5) is 11.4 Å². The number of rotatable bonds is 3. The van der Waals surface area contributed by atoms with Crippen LogP contribution < -0.4 is 10.5 Å². The van der Waals surface area contributed by atoms with Gasteiger partial charge >= 0.3 is 0 Å². The Balaban J connectivity index is 2.40. The van der Waals surface area contributed by atoms with Gasteiger partial charge in [-0.25, -0.2) is 0 Å². The number of benzene rings is 1. The van der Waals surface area contributed by atoms with Gasteiger partial charge in [-0.15, -0.1) is 0 Å². The van der Waals surface area contributed by atoms with E-state index in [1.807, 2.05) is 0 Å². The summed E-state index contributed by atoms with van der Waals surface area (Å²) in [6.07, 6.45) is 1.37. The van der Waals surface area contributed by atoms with Gasteiger partial charge in [0.1, 0.15) is 0 Å². The fourth-order valence-electron chi connectivity index (χ4n) is 1.41. The average molecular weight is 252 g/mol. The van der Waals surface area contributed by atoms with E-state index in [1.165, 1.54) is 12.3 Å². The number of hydrogen-bond acceptors (Lipinski definition) is 4. The topological polar surface area (TPSA) is 101 Å². The van der Waals surface area contributed by atoms with Crippen molar-refractivity contribution in [3.8, 4) is 0 Å². The lowest BCUT2D eigenvalue weighted by Gasteiger charge is -2.11. The highest BCUT2D eigenvalue weighted by Crippen LogP contribution is 2.25. The number of para-hydroxylation sites is 1. The van der Waals surface area contributed by atoms with Crippen LogP contribution in [-0.2, 0) is 10.0 Å². The summed E-state index contributed by atoms with van der Waals surface area (Å²) in [5.74, 6) is 0. The van der Waals surface area contributed by atoms with Crippen LogP contribution in [0, 0.1) is 6.92 Å². The number of hydrogen-bond donors (Lipinski definition) is 3. The van der Waals surface area contributed by atoms with Crippen LogP contribution in [0.2, 0.25) is 0 Å². The zero-order valence-electron chi connectivity index (χ0n) is 9.14. The van der Waals surface area contributed by atoms with Gasteiger partial charge in [-0.05, 0) is 24.6 Å². The van der Waals surface area contributed by atoms with E-state index in [4.69, 9.17) is 5.73 Å². The Labute approximate surface area is 98.9 Å². The van der Waals surface area contributed by atoms with Crippen molar-refractivity contribution in [1.29, 1.82) is 0 Å². The van der Waals surface area contributed by atoms with Crippen molar-refractivity contribution in [2.24, 2.45) is 0 Å². The first-order chi connectivity index (χ1) is 8.00. The van der Waals surface area contributed by atoms with E-state index >= 15 is 0 Å². The molecule has 0 radical (unpaired) electrons. The summed E-state index contributed by atoms with van der Waals surface area (Å²) >= 11 is 0. The molecular weight excluding hydrogens is 240 g/mol. The van der Waals surface area contributed by atoms with Crippen molar-refractivity contribution in [1.82, 2.24) is 10.2 Å². The Kier molecular flexibility index (Phi) is 2.76. The van der Waals surface area contributed by atoms with E-state index in [2.05, 4.69) is 14.9 Å². The van der Waals surface area contributed by atoms with Gasteiger partial charge in [0.25, 0.3) is 10.0 Å². The first-order valence-electron chi connectivity index (χ1n) is 4.88. The summed E-state index contributed by atoms with van der Waals surface area (Å²) in [5.41, 5.74) is 7.26. The summed E-state index contributed by atoms with van der Waals surface area (Å²) < 4.78 is 26.3. The van der Waals surface area contributed by atoms with Crippen LogP contribution in [0.15, 0.2) is 35.5 Å². The Morgan fingerprint density at radius 1 is 1.35 bits per heavy atom. The SMILES string of the molecule is Cc1cccc(N)c1NS(=O)(=O)c1ccn[nH]1. The van der Waals surface area contributed by atoms with Gasteiger partial charge < -0.3 is 5.73 Å². The van der Waals surface area contributed by atoms with Gasteiger partial charge in [0.05, 0.1) is 17.6 Å². The normalized spacial score (nSPS) is 11.4. The van der Waals surface area contributed by atoms with Crippen LogP contribution in [0.25, 0.3) is 0 Å². The summed E-state index contributed by atoms with van der Waals surface area (Å²) in [5, 5.41) is 5.99. The number of aromatic nitrogens is 2. The molecule has 1 heterocycles. The van der Waals surface area contributed by atoms with E-state index in [1.54, 1.807) is 25.1 Å². The molecule has 90 valence electrons. The van der Waals surface area contributed by atoms with Crippen molar-refractivity contribution < 1.29 is 8.42 Å². The number of sulfonamides is 1. The van der Waals surface area contributed by atoms with Crippen molar-refractivity contribution >= 4 is 21.4 Å². The molecule has 0 saturated heterocycles. The molecule has 1 aromatic carbocycles. The highest BCUT2D eigenvalue weighted by Gasteiger charge is 2.17. The van der Waals surface area contributed by atoms with Crippen LogP contribution in [0.5, 0.6) is 0 Å². The number of nitrogen functional groups attached to an aromatic ring is 1. The summed E-state index contributed by atoms with van der Waals surface area (Å²) in [6.45, 7) is 1.78. The van der Waals surface area contributed by atoms with Crippen molar-refractivity contribution in [2.45, 2.75) is 11.9 Å². The maximum absolute atomic E-state index is 11.9. The third-order valence-corrected chi connectivity index (χ3v) is 3.59. The van der Waals surface area contributed by atoms with Crippen molar-refractivity contribution in [3.05, 3.63) is 36.0 Å². The van der Waals surface area contributed by atoms with E-state index in [0.717, 1.165) is 5.56 Å². The minimum Gasteiger partial charge on any atom is -0.397 e. The average Bonchev–Trinajstić information content (AvgIpc) is 2.77. The highest BCUT2D eigenvalue weighted by molar-refractivity contribution is 7.92. The molecular formula is C10H12N4O2S. The molecule has 0 atom stereocenters. The van der Waals surface area contributed by atoms with Gasteiger partial charge in [-0.1, -0.05) is 12.1 Å². The van der Waals surface area contributed by atoms with Gasteiger partial charge in [-0.3, -0.25) is 9.82 Å².